The van der Waals surface area contributed by atoms with E-state index in [-0.39, 0.29) is 12.4 Å². The Morgan fingerprint density at radius 1 is 1.00 bits per heavy atom. The second kappa shape index (κ2) is 8.68. The number of benzene rings is 3. The molecule has 0 unspecified atom stereocenters. The smallest absolute Gasteiger partial charge is 0.123 e. The predicted molar refractivity (Wildman–Crippen MR) is 104 cm³/mol. The summed E-state index contributed by atoms with van der Waals surface area (Å²) in [6.07, 6.45) is 1.80. The van der Waals surface area contributed by atoms with Crippen LogP contribution in [0, 0.1) is 17.1 Å². The van der Waals surface area contributed by atoms with E-state index in [0.717, 1.165) is 22.4 Å². The maximum atomic E-state index is 13.2. The van der Waals surface area contributed by atoms with Gasteiger partial charge in [-0.25, -0.2) is 4.39 Å². The molecule has 0 amide bonds. The minimum absolute atomic E-state index is 0.272. The minimum atomic E-state index is -0.286. The molecule has 0 bridgehead atoms. The van der Waals surface area contributed by atoms with Crippen LogP contribution in [0.3, 0.4) is 0 Å². The largest absolute Gasteiger partial charge is 0.497 e. The highest BCUT2D eigenvalue weighted by Gasteiger charge is 2.03. The summed E-state index contributed by atoms with van der Waals surface area (Å²) >= 11 is 0. The number of halogens is 1. The minimum Gasteiger partial charge on any atom is -0.497 e. The lowest BCUT2D eigenvalue weighted by Crippen LogP contribution is -1.96. The first-order valence-corrected chi connectivity index (χ1v) is 8.41. The molecular weight excluding hydrogens is 341 g/mol. The quantitative estimate of drug-likeness (QED) is 0.432. The molecule has 3 aromatic carbocycles. The van der Waals surface area contributed by atoms with Crippen LogP contribution in [0.1, 0.15) is 16.7 Å². The van der Waals surface area contributed by atoms with Gasteiger partial charge in [-0.1, -0.05) is 24.3 Å². The van der Waals surface area contributed by atoms with Crippen molar-refractivity contribution in [3.8, 4) is 17.6 Å². The molecular formula is C23H18FNO2. The Kier molecular flexibility index (Phi) is 5.86. The van der Waals surface area contributed by atoms with Gasteiger partial charge in [0.1, 0.15) is 23.9 Å². The molecule has 0 fully saturated rings. The number of hydrogen-bond donors (Lipinski definition) is 0. The van der Waals surface area contributed by atoms with Gasteiger partial charge in [0.2, 0.25) is 0 Å². The Hall–Kier alpha value is -3.58. The molecule has 0 saturated heterocycles. The first-order chi connectivity index (χ1) is 13.2. The standard InChI is InChI=1S/C23H18FNO2/c1-26-22-10-8-19(9-11-22)20(15-25)12-17-4-3-7-23(14-17)27-16-18-5-2-6-21(24)13-18/h2-14H,16H2,1H3/b20-12+. The molecule has 4 heteroatoms. The molecule has 0 heterocycles. The van der Waals surface area contributed by atoms with E-state index in [1.165, 1.54) is 12.1 Å². The Labute approximate surface area is 157 Å². The normalized spacial score (nSPS) is 10.9. The topological polar surface area (TPSA) is 42.2 Å². The summed E-state index contributed by atoms with van der Waals surface area (Å²) in [4.78, 5) is 0. The number of rotatable bonds is 6. The van der Waals surface area contributed by atoms with E-state index in [1.807, 2.05) is 54.6 Å². The maximum absolute atomic E-state index is 13.2. The van der Waals surface area contributed by atoms with Crippen molar-refractivity contribution in [2.75, 3.05) is 7.11 Å². The molecule has 0 aliphatic carbocycles. The molecule has 0 N–H and O–H groups in total. The fourth-order valence-corrected chi connectivity index (χ4v) is 2.60. The lowest BCUT2D eigenvalue weighted by molar-refractivity contribution is 0.305. The number of ether oxygens (including phenoxy) is 2. The molecule has 27 heavy (non-hydrogen) atoms. The van der Waals surface area contributed by atoms with Gasteiger partial charge in [-0.3, -0.25) is 0 Å². The van der Waals surface area contributed by atoms with E-state index in [0.29, 0.717) is 11.3 Å². The van der Waals surface area contributed by atoms with Gasteiger partial charge < -0.3 is 9.47 Å². The van der Waals surface area contributed by atoms with Gasteiger partial charge in [0.15, 0.2) is 0 Å². The Morgan fingerprint density at radius 3 is 2.48 bits per heavy atom. The van der Waals surface area contributed by atoms with Crippen LogP contribution in [0.25, 0.3) is 11.6 Å². The van der Waals surface area contributed by atoms with Gasteiger partial charge in [0, 0.05) is 0 Å². The van der Waals surface area contributed by atoms with Crippen LogP contribution < -0.4 is 9.47 Å². The van der Waals surface area contributed by atoms with Gasteiger partial charge in [0.25, 0.3) is 0 Å². The van der Waals surface area contributed by atoms with E-state index < -0.39 is 0 Å². The number of allylic oxidation sites excluding steroid dienone is 1. The molecule has 0 radical (unpaired) electrons. The third-order valence-corrected chi connectivity index (χ3v) is 3.99. The van der Waals surface area contributed by atoms with Crippen LogP contribution in [0.4, 0.5) is 4.39 Å². The van der Waals surface area contributed by atoms with Crippen LogP contribution in [-0.4, -0.2) is 7.11 Å². The molecule has 0 aliphatic rings. The first kappa shape index (κ1) is 18.2. The molecule has 3 rings (SSSR count). The van der Waals surface area contributed by atoms with Crippen LogP contribution in [0.5, 0.6) is 11.5 Å². The number of nitrogens with zero attached hydrogens (tertiary/aromatic N) is 1. The van der Waals surface area contributed by atoms with Gasteiger partial charge >= 0.3 is 0 Å². The summed E-state index contributed by atoms with van der Waals surface area (Å²) in [6.45, 7) is 0.272. The summed E-state index contributed by atoms with van der Waals surface area (Å²) in [7, 11) is 1.60. The van der Waals surface area contributed by atoms with Crippen molar-refractivity contribution in [2.24, 2.45) is 0 Å². The second-order valence-electron chi connectivity index (χ2n) is 5.89. The molecule has 0 atom stereocenters. The van der Waals surface area contributed by atoms with Gasteiger partial charge in [0.05, 0.1) is 18.8 Å². The zero-order valence-electron chi connectivity index (χ0n) is 14.9. The summed E-state index contributed by atoms with van der Waals surface area (Å²) in [5.74, 6) is 1.11. The van der Waals surface area contributed by atoms with E-state index in [1.54, 1.807) is 19.3 Å². The van der Waals surface area contributed by atoms with Crippen molar-refractivity contribution in [1.29, 1.82) is 5.26 Å². The van der Waals surface area contributed by atoms with Crippen LogP contribution in [0.15, 0.2) is 72.8 Å². The molecule has 3 nitrogen and oxygen atoms in total. The van der Waals surface area contributed by atoms with Gasteiger partial charge in [-0.05, 0) is 71.3 Å². The fourth-order valence-electron chi connectivity index (χ4n) is 2.60. The highest BCUT2D eigenvalue weighted by Crippen LogP contribution is 2.23. The summed E-state index contributed by atoms with van der Waals surface area (Å²) in [5.41, 5.74) is 2.95. The van der Waals surface area contributed by atoms with Crippen LogP contribution in [-0.2, 0) is 6.61 Å². The Morgan fingerprint density at radius 2 is 1.78 bits per heavy atom. The van der Waals surface area contributed by atoms with Crippen molar-refractivity contribution in [2.45, 2.75) is 6.61 Å². The number of nitriles is 1. The van der Waals surface area contributed by atoms with E-state index in [2.05, 4.69) is 6.07 Å². The van der Waals surface area contributed by atoms with E-state index in [4.69, 9.17) is 9.47 Å². The zero-order valence-corrected chi connectivity index (χ0v) is 14.9. The van der Waals surface area contributed by atoms with Crippen molar-refractivity contribution >= 4 is 11.6 Å². The Balaban J connectivity index is 1.77. The Bertz CT molecular complexity index is 988. The van der Waals surface area contributed by atoms with E-state index >= 15 is 0 Å². The molecule has 0 spiro atoms. The van der Waals surface area contributed by atoms with Crippen LogP contribution >= 0.6 is 0 Å². The molecule has 0 saturated carbocycles. The third kappa shape index (κ3) is 4.96. The maximum Gasteiger partial charge on any atom is 0.123 e. The zero-order chi connectivity index (χ0) is 19.1. The number of methoxy groups -OCH3 is 1. The van der Waals surface area contributed by atoms with Crippen molar-refractivity contribution in [3.05, 3.63) is 95.3 Å². The summed E-state index contributed by atoms with van der Waals surface area (Å²) in [5, 5.41) is 9.50. The second-order valence-corrected chi connectivity index (χ2v) is 5.89. The highest BCUT2D eigenvalue weighted by atomic mass is 19.1. The summed E-state index contributed by atoms with van der Waals surface area (Å²) < 4.78 is 24.1. The van der Waals surface area contributed by atoms with E-state index in [9.17, 15) is 9.65 Å². The molecule has 0 aromatic heterocycles. The molecule has 0 aliphatic heterocycles. The van der Waals surface area contributed by atoms with Crippen molar-refractivity contribution in [1.82, 2.24) is 0 Å². The van der Waals surface area contributed by atoms with Crippen molar-refractivity contribution < 1.29 is 13.9 Å². The number of hydrogen-bond acceptors (Lipinski definition) is 3. The SMILES string of the molecule is COc1ccc(/C(C#N)=C/c2cccc(OCc3cccc(F)c3)c2)cc1. The van der Waals surface area contributed by atoms with Gasteiger partial charge in [-0.15, -0.1) is 0 Å². The third-order valence-electron chi connectivity index (χ3n) is 3.99. The fraction of sp³-hybridized carbons (Fsp3) is 0.0870. The monoisotopic (exact) mass is 359 g/mol. The van der Waals surface area contributed by atoms with Crippen molar-refractivity contribution in [3.63, 3.8) is 0 Å². The molecule has 3 aromatic rings. The van der Waals surface area contributed by atoms with Gasteiger partial charge in [-0.2, -0.15) is 5.26 Å². The highest BCUT2D eigenvalue weighted by molar-refractivity contribution is 5.89. The average Bonchev–Trinajstić information content (AvgIpc) is 2.71. The van der Waals surface area contributed by atoms with Crippen LogP contribution in [0.2, 0.25) is 0 Å². The predicted octanol–water partition coefficient (Wildman–Crippen LogP) is 5.48. The first-order valence-electron chi connectivity index (χ1n) is 8.41. The lowest BCUT2D eigenvalue weighted by Gasteiger charge is -2.08. The lowest BCUT2D eigenvalue weighted by atomic mass is 10.0. The molecule has 134 valence electrons. The average molecular weight is 359 g/mol. The summed E-state index contributed by atoms with van der Waals surface area (Å²) in [6, 6.07) is 23.3.